The Balaban J connectivity index is 2.00. The zero-order chi connectivity index (χ0) is 20.3. The highest BCUT2D eigenvalue weighted by Crippen LogP contribution is 2.42. The third-order valence-corrected chi connectivity index (χ3v) is 5.74. The standard InChI is InChI=1S/C25H23NO3/c27-23(28)22-17-10-18-26(22)24(29)25(19-11-4-1-5-12-19,20-13-6-2-7-14-20)21-15-8-3-9-16-21/h1-9,11-16,22H,10,17-18H2,(H,27,28)/t22-/m0/s1. The molecule has 29 heavy (non-hydrogen) atoms. The highest BCUT2D eigenvalue weighted by atomic mass is 16.4. The highest BCUT2D eigenvalue weighted by Gasteiger charge is 2.49. The molecule has 1 atom stereocenters. The van der Waals surface area contributed by atoms with E-state index in [-0.39, 0.29) is 5.91 Å². The average Bonchev–Trinajstić information content (AvgIpc) is 3.27. The molecule has 1 fully saturated rings. The monoisotopic (exact) mass is 385 g/mol. The normalized spacial score (nSPS) is 16.6. The molecule has 3 aromatic carbocycles. The first-order valence-electron chi connectivity index (χ1n) is 9.86. The summed E-state index contributed by atoms with van der Waals surface area (Å²) < 4.78 is 0. The maximum Gasteiger partial charge on any atom is 0.326 e. The molecule has 1 N–H and O–H groups in total. The molecule has 1 aliphatic heterocycles. The van der Waals surface area contributed by atoms with Gasteiger partial charge in [-0.3, -0.25) is 4.79 Å². The second-order valence-corrected chi connectivity index (χ2v) is 7.34. The van der Waals surface area contributed by atoms with E-state index in [9.17, 15) is 14.7 Å². The molecule has 0 aliphatic carbocycles. The number of amides is 1. The van der Waals surface area contributed by atoms with Crippen molar-refractivity contribution < 1.29 is 14.7 Å². The van der Waals surface area contributed by atoms with Crippen LogP contribution >= 0.6 is 0 Å². The van der Waals surface area contributed by atoms with Gasteiger partial charge in [0.05, 0.1) is 0 Å². The summed E-state index contributed by atoms with van der Waals surface area (Å²) in [7, 11) is 0. The van der Waals surface area contributed by atoms with Crippen molar-refractivity contribution in [3.8, 4) is 0 Å². The molecule has 0 radical (unpaired) electrons. The van der Waals surface area contributed by atoms with Crippen molar-refractivity contribution in [1.29, 1.82) is 0 Å². The van der Waals surface area contributed by atoms with Crippen molar-refractivity contribution in [2.24, 2.45) is 0 Å². The predicted molar refractivity (Wildman–Crippen MR) is 112 cm³/mol. The molecule has 4 heteroatoms. The van der Waals surface area contributed by atoms with E-state index in [0.717, 1.165) is 16.7 Å². The fourth-order valence-electron chi connectivity index (χ4n) is 4.42. The van der Waals surface area contributed by atoms with E-state index in [4.69, 9.17) is 0 Å². The number of carboxylic acid groups (broad SMARTS) is 1. The molecule has 4 nitrogen and oxygen atoms in total. The minimum absolute atomic E-state index is 0.189. The van der Waals surface area contributed by atoms with Gasteiger partial charge in [-0.05, 0) is 29.5 Å². The Morgan fingerprint density at radius 3 is 1.55 bits per heavy atom. The van der Waals surface area contributed by atoms with Crippen molar-refractivity contribution in [2.45, 2.75) is 24.3 Å². The van der Waals surface area contributed by atoms with E-state index < -0.39 is 17.4 Å². The Morgan fingerprint density at radius 2 is 1.17 bits per heavy atom. The van der Waals surface area contributed by atoms with Crippen molar-refractivity contribution >= 4 is 11.9 Å². The average molecular weight is 385 g/mol. The van der Waals surface area contributed by atoms with Gasteiger partial charge in [-0.2, -0.15) is 0 Å². The van der Waals surface area contributed by atoms with Crippen LogP contribution in [0.5, 0.6) is 0 Å². The summed E-state index contributed by atoms with van der Waals surface area (Å²) in [5.41, 5.74) is 1.39. The number of aliphatic carboxylic acids is 1. The molecule has 1 amide bonds. The van der Waals surface area contributed by atoms with Crippen LogP contribution < -0.4 is 0 Å². The number of hydrogen-bond acceptors (Lipinski definition) is 2. The van der Waals surface area contributed by atoms with E-state index in [0.29, 0.717) is 19.4 Å². The van der Waals surface area contributed by atoms with Gasteiger partial charge in [0.1, 0.15) is 11.5 Å². The zero-order valence-electron chi connectivity index (χ0n) is 16.1. The van der Waals surface area contributed by atoms with Crippen LogP contribution in [0.1, 0.15) is 29.5 Å². The van der Waals surface area contributed by atoms with Gasteiger partial charge in [-0.25, -0.2) is 4.79 Å². The lowest BCUT2D eigenvalue weighted by molar-refractivity contribution is -0.149. The third kappa shape index (κ3) is 3.21. The number of likely N-dealkylation sites (tertiary alicyclic amines) is 1. The van der Waals surface area contributed by atoms with Gasteiger partial charge in [0.15, 0.2) is 0 Å². The van der Waals surface area contributed by atoms with Crippen molar-refractivity contribution in [2.75, 3.05) is 6.54 Å². The maximum atomic E-state index is 14.2. The Labute approximate surface area is 170 Å². The predicted octanol–water partition coefficient (Wildman–Crippen LogP) is 4.10. The Morgan fingerprint density at radius 1 is 0.759 bits per heavy atom. The van der Waals surface area contributed by atoms with Crippen LogP contribution in [0.3, 0.4) is 0 Å². The third-order valence-electron chi connectivity index (χ3n) is 5.74. The second kappa shape index (κ2) is 7.92. The molecule has 1 aliphatic rings. The number of carbonyl (C=O) groups excluding carboxylic acids is 1. The smallest absolute Gasteiger partial charge is 0.326 e. The number of hydrogen-bond donors (Lipinski definition) is 1. The Hall–Kier alpha value is -3.40. The van der Waals surface area contributed by atoms with Gasteiger partial charge in [0.25, 0.3) is 0 Å². The first kappa shape index (κ1) is 18.9. The molecular formula is C25H23NO3. The zero-order valence-corrected chi connectivity index (χ0v) is 16.1. The summed E-state index contributed by atoms with van der Waals surface area (Å²) in [5, 5.41) is 9.72. The number of carbonyl (C=O) groups is 2. The molecule has 0 bridgehead atoms. The van der Waals surface area contributed by atoms with Crippen LogP contribution in [0.2, 0.25) is 0 Å². The summed E-state index contributed by atoms with van der Waals surface area (Å²) in [6.07, 6.45) is 1.17. The largest absolute Gasteiger partial charge is 0.480 e. The van der Waals surface area contributed by atoms with Gasteiger partial charge in [0, 0.05) is 6.54 Å². The summed E-state index contributed by atoms with van der Waals surface area (Å²) in [4.78, 5) is 27.7. The van der Waals surface area contributed by atoms with Crippen LogP contribution in [0.4, 0.5) is 0 Å². The lowest BCUT2D eigenvalue weighted by atomic mass is 9.68. The number of benzene rings is 3. The summed E-state index contributed by atoms with van der Waals surface area (Å²) in [6.45, 7) is 0.448. The van der Waals surface area contributed by atoms with E-state index >= 15 is 0 Å². The first-order chi connectivity index (χ1) is 14.2. The van der Waals surface area contributed by atoms with Gasteiger partial charge in [0.2, 0.25) is 5.91 Å². The van der Waals surface area contributed by atoms with Crippen molar-refractivity contribution in [3.05, 3.63) is 108 Å². The number of nitrogens with zero attached hydrogens (tertiary/aromatic N) is 1. The van der Waals surface area contributed by atoms with Gasteiger partial charge >= 0.3 is 5.97 Å². The van der Waals surface area contributed by atoms with Crippen LogP contribution in [0, 0.1) is 0 Å². The van der Waals surface area contributed by atoms with Crippen molar-refractivity contribution in [1.82, 2.24) is 4.90 Å². The minimum Gasteiger partial charge on any atom is -0.480 e. The molecule has 0 unspecified atom stereocenters. The highest BCUT2D eigenvalue weighted by molar-refractivity contribution is 5.98. The Kier molecular flexibility index (Phi) is 5.17. The van der Waals surface area contributed by atoms with Crippen LogP contribution in [-0.2, 0) is 15.0 Å². The lowest BCUT2D eigenvalue weighted by Crippen LogP contribution is -2.52. The van der Waals surface area contributed by atoms with Crippen LogP contribution in [0.15, 0.2) is 91.0 Å². The van der Waals surface area contributed by atoms with Crippen LogP contribution in [0.25, 0.3) is 0 Å². The molecule has 0 aromatic heterocycles. The summed E-state index contributed by atoms with van der Waals surface area (Å²) in [6, 6.07) is 28.2. The molecule has 146 valence electrons. The fourth-order valence-corrected chi connectivity index (χ4v) is 4.42. The summed E-state index contributed by atoms with van der Waals surface area (Å²) in [5.74, 6) is -1.13. The molecule has 0 spiro atoms. The topological polar surface area (TPSA) is 57.6 Å². The van der Waals surface area contributed by atoms with E-state index in [2.05, 4.69) is 0 Å². The van der Waals surface area contributed by atoms with E-state index in [1.54, 1.807) is 4.90 Å². The van der Waals surface area contributed by atoms with Crippen LogP contribution in [-0.4, -0.2) is 34.5 Å². The summed E-state index contributed by atoms with van der Waals surface area (Å²) >= 11 is 0. The molecule has 4 rings (SSSR count). The molecular weight excluding hydrogens is 362 g/mol. The molecule has 0 saturated carbocycles. The second-order valence-electron chi connectivity index (χ2n) is 7.34. The van der Waals surface area contributed by atoms with Gasteiger partial charge < -0.3 is 10.0 Å². The fraction of sp³-hybridized carbons (Fsp3) is 0.200. The van der Waals surface area contributed by atoms with Crippen molar-refractivity contribution in [3.63, 3.8) is 0 Å². The SMILES string of the molecule is O=C(O)[C@@H]1CCCN1C(=O)C(c1ccccc1)(c1ccccc1)c1ccccc1. The first-order valence-corrected chi connectivity index (χ1v) is 9.86. The number of carboxylic acids is 1. The van der Waals surface area contributed by atoms with E-state index in [1.807, 2.05) is 91.0 Å². The Bertz CT molecular complexity index is 890. The minimum atomic E-state index is -1.11. The number of rotatable bonds is 5. The quantitative estimate of drug-likeness (QED) is 0.673. The van der Waals surface area contributed by atoms with E-state index in [1.165, 1.54) is 0 Å². The lowest BCUT2D eigenvalue weighted by Gasteiger charge is -2.38. The maximum absolute atomic E-state index is 14.2. The molecule has 1 heterocycles. The van der Waals surface area contributed by atoms with Gasteiger partial charge in [-0.15, -0.1) is 0 Å². The van der Waals surface area contributed by atoms with Gasteiger partial charge in [-0.1, -0.05) is 91.0 Å². The molecule has 1 saturated heterocycles. The molecule has 3 aromatic rings.